The van der Waals surface area contributed by atoms with E-state index in [1.807, 2.05) is 0 Å². The van der Waals surface area contributed by atoms with Gasteiger partial charge in [-0.15, -0.1) is 0 Å². The quantitative estimate of drug-likeness (QED) is 0.532. The van der Waals surface area contributed by atoms with E-state index in [1.165, 1.54) is 18.1 Å². The molecule has 1 heterocycles. The number of nitrogens with zero attached hydrogens (tertiary/aromatic N) is 1. The molecule has 0 saturated heterocycles. The molecule has 2 amide bonds. The predicted molar refractivity (Wildman–Crippen MR) is 113 cm³/mol. The number of carbonyl (C=O) groups excluding carboxylic acids is 2. The van der Waals surface area contributed by atoms with Gasteiger partial charge in [-0.25, -0.2) is 4.79 Å². The third-order valence-electron chi connectivity index (χ3n) is 4.30. The van der Waals surface area contributed by atoms with Crippen LogP contribution < -0.4 is 15.7 Å². The van der Waals surface area contributed by atoms with Crippen molar-refractivity contribution in [1.29, 1.82) is 0 Å². The first-order valence-corrected chi connectivity index (χ1v) is 9.10. The lowest BCUT2D eigenvalue weighted by Gasteiger charge is -2.09. The molecule has 3 aromatic rings. The van der Waals surface area contributed by atoms with Crippen molar-refractivity contribution in [2.45, 2.75) is 0 Å². The Bertz CT molecular complexity index is 1210. The maximum absolute atomic E-state index is 12.3. The molecule has 0 unspecified atom stereocenters. The maximum Gasteiger partial charge on any atom is 0.349 e. The Balaban J connectivity index is 1.68. The maximum atomic E-state index is 12.3. The van der Waals surface area contributed by atoms with Gasteiger partial charge in [-0.3, -0.25) is 9.59 Å². The molecule has 0 spiro atoms. The summed E-state index contributed by atoms with van der Waals surface area (Å²) >= 11 is 0. The molecular formula is C23H20N2O5. The van der Waals surface area contributed by atoms with Crippen LogP contribution in [0.1, 0.15) is 26.3 Å². The van der Waals surface area contributed by atoms with Crippen LogP contribution in [0.4, 0.5) is 0 Å². The minimum absolute atomic E-state index is 0.0484. The standard InChI is InChI=1S/C23H20N2O5/c1-25(2)22(27)16-11-9-15(10-12-16)6-5-13-24-21(26)18-14-17-7-4-8-19(29-3)20(17)30-23(18)28/h4,7-12,14H,13H2,1-3H3,(H,24,26). The number of para-hydroxylation sites is 1. The average Bonchev–Trinajstić information content (AvgIpc) is 2.75. The zero-order chi connectivity index (χ0) is 21.7. The normalized spacial score (nSPS) is 10.1. The molecule has 0 fully saturated rings. The molecule has 0 aliphatic rings. The molecule has 7 nitrogen and oxygen atoms in total. The SMILES string of the molecule is COc1cccc2cc(C(=O)NCC#Cc3ccc(C(=O)N(C)C)cc3)c(=O)oc12. The highest BCUT2D eigenvalue weighted by atomic mass is 16.5. The van der Waals surface area contributed by atoms with Crippen LogP contribution in [0.15, 0.2) is 57.7 Å². The smallest absolute Gasteiger partial charge is 0.349 e. The van der Waals surface area contributed by atoms with Gasteiger partial charge < -0.3 is 19.4 Å². The highest BCUT2D eigenvalue weighted by Gasteiger charge is 2.14. The number of nitrogens with one attached hydrogen (secondary N) is 1. The summed E-state index contributed by atoms with van der Waals surface area (Å²) < 4.78 is 10.4. The second kappa shape index (κ2) is 8.97. The molecule has 1 N–H and O–H groups in total. The molecule has 1 aromatic heterocycles. The van der Waals surface area contributed by atoms with E-state index >= 15 is 0 Å². The van der Waals surface area contributed by atoms with Crippen LogP contribution in [0.25, 0.3) is 11.0 Å². The molecule has 3 rings (SSSR count). The second-order valence-electron chi connectivity index (χ2n) is 6.59. The number of amides is 2. The zero-order valence-corrected chi connectivity index (χ0v) is 16.8. The van der Waals surface area contributed by atoms with E-state index in [0.717, 1.165) is 0 Å². The number of ether oxygens (including phenoxy) is 1. The number of rotatable bonds is 4. The molecule has 0 aliphatic carbocycles. The van der Waals surface area contributed by atoms with Gasteiger partial charge >= 0.3 is 5.63 Å². The summed E-state index contributed by atoms with van der Waals surface area (Å²) in [6.07, 6.45) is 0. The monoisotopic (exact) mass is 404 g/mol. The lowest BCUT2D eigenvalue weighted by Crippen LogP contribution is -2.28. The Morgan fingerprint density at radius 1 is 1.13 bits per heavy atom. The highest BCUT2D eigenvalue weighted by molar-refractivity contribution is 5.97. The second-order valence-corrected chi connectivity index (χ2v) is 6.59. The summed E-state index contributed by atoms with van der Waals surface area (Å²) in [5.41, 5.74) is 0.704. The zero-order valence-electron chi connectivity index (χ0n) is 16.8. The third kappa shape index (κ3) is 4.50. The van der Waals surface area contributed by atoms with Crippen molar-refractivity contribution < 1.29 is 18.7 Å². The van der Waals surface area contributed by atoms with E-state index in [0.29, 0.717) is 22.3 Å². The Labute approximate surface area is 173 Å². The van der Waals surface area contributed by atoms with Gasteiger partial charge in [0.1, 0.15) is 5.56 Å². The number of methoxy groups -OCH3 is 1. The fourth-order valence-corrected chi connectivity index (χ4v) is 2.76. The van der Waals surface area contributed by atoms with Crippen LogP contribution in [-0.4, -0.2) is 44.5 Å². The van der Waals surface area contributed by atoms with E-state index < -0.39 is 11.5 Å². The Kier molecular flexibility index (Phi) is 6.18. The van der Waals surface area contributed by atoms with Gasteiger partial charge in [-0.1, -0.05) is 24.0 Å². The lowest BCUT2D eigenvalue weighted by atomic mass is 10.1. The molecule has 0 atom stereocenters. The van der Waals surface area contributed by atoms with Crippen molar-refractivity contribution in [3.05, 3.63) is 75.6 Å². The van der Waals surface area contributed by atoms with Crippen molar-refractivity contribution in [2.75, 3.05) is 27.7 Å². The number of hydrogen-bond acceptors (Lipinski definition) is 5. The summed E-state index contributed by atoms with van der Waals surface area (Å²) in [4.78, 5) is 37.9. The fraction of sp³-hybridized carbons (Fsp3) is 0.174. The first-order valence-electron chi connectivity index (χ1n) is 9.10. The van der Waals surface area contributed by atoms with Gasteiger partial charge in [0.05, 0.1) is 13.7 Å². The summed E-state index contributed by atoms with van der Waals surface area (Å²) in [5, 5.41) is 3.16. The van der Waals surface area contributed by atoms with E-state index in [2.05, 4.69) is 17.2 Å². The van der Waals surface area contributed by atoms with E-state index in [9.17, 15) is 14.4 Å². The molecule has 2 aromatic carbocycles. The number of fused-ring (bicyclic) bond motifs is 1. The molecule has 0 saturated carbocycles. The Morgan fingerprint density at radius 2 is 1.87 bits per heavy atom. The average molecular weight is 404 g/mol. The summed E-state index contributed by atoms with van der Waals surface area (Å²) in [6, 6.07) is 13.5. The van der Waals surface area contributed by atoms with Gasteiger partial charge in [0.15, 0.2) is 11.3 Å². The van der Waals surface area contributed by atoms with E-state index in [1.54, 1.807) is 56.6 Å². The van der Waals surface area contributed by atoms with Gasteiger partial charge in [0, 0.05) is 30.6 Å². The van der Waals surface area contributed by atoms with Gasteiger partial charge in [0.2, 0.25) is 0 Å². The molecule has 7 heteroatoms. The van der Waals surface area contributed by atoms with Gasteiger partial charge in [0.25, 0.3) is 11.8 Å². The van der Waals surface area contributed by atoms with Crippen molar-refractivity contribution in [3.63, 3.8) is 0 Å². The lowest BCUT2D eigenvalue weighted by molar-refractivity contribution is 0.0827. The molecule has 0 bridgehead atoms. The van der Waals surface area contributed by atoms with E-state index in [4.69, 9.17) is 9.15 Å². The summed E-state index contributed by atoms with van der Waals surface area (Å²) in [5.74, 6) is 5.47. The summed E-state index contributed by atoms with van der Waals surface area (Å²) in [6.45, 7) is 0.0484. The van der Waals surface area contributed by atoms with Crippen molar-refractivity contribution in [2.24, 2.45) is 0 Å². The Hall–Kier alpha value is -4.05. The highest BCUT2D eigenvalue weighted by Crippen LogP contribution is 2.24. The fourth-order valence-electron chi connectivity index (χ4n) is 2.76. The van der Waals surface area contributed by atoms with Gasteiger partial charge in [-0.05, 0) is 36.4 Å². The predicted octanol–water partition coefficient (Wildman–Crippen LogP) is 2.28. The van der Waals surface area contributed by atoms with Crippen molar-refractivity contribution >= 4 is 22.8 Å². The minimum Gasteiger partial charge on any atom is -0.493 e. The van der Waals surface area contributed by atoms with Crippen molar-refractivity contribution in [1.82, 2.24) is 10.2 Å². The van der Waals surface area contributed by atoms with Crippen LogP contribution in [0, 0.1) is 11.8 Å². The molecule has 0 radical (unpaired) electrons. The number of hydrogen-bond donors (Lipinski definition) is 1. The van der Waals surface area contributed by atoms with Crippen LogP contribution >= 0.6 is 0 Å². The van der Waals surface area contributed by atoms with Crippen LogP contribution in [-0.2, 0) is 0 Å². The number of carbonyl (C=O) groups is 2. The topological polar surface area (TPSA) is 88.9 Å². The Morgan fingerprint density at radius 3 is 2.53 bits per heavy atom. The number of benzene rings is 2. The third-order valence-corrected chi connectivity index (χ3v) is 4.30. The van der Waals surface area contributed by atoms with Crippen molar-refractivity contribution in [3.8, 4) is 17.6 Å². The largest absolute Gasteiger partial charge is 0.493 e. The first-order chi connectivity index (χ1) is 14.4. The molecule has 0 aliphatic heterocycles. The molecule has 152 valence electrons. The minimum atomic E-state index is -0.751. The van der Waals surface area contributed by atoms with Gasteiger partial charge in [-0.2, -0.15) is 0 Å². The molecule has 30 heavy (non-hydrogen) atoms. The van der Waals surface area contributed by atoms with E-state index in [-0.39, 0.29) is 23.6 Å². The van der Waals surface area contributed by atoms with Crippen LogP contribution in [0.5, 0.6) is 5.75 Å². The first kappa shape index (κ1) is 20.7. The molecular weight excluding hydrogens is 384 g/mol. The van der Waals surface area contributed by atoms with Crippen LogP contribution in [0.2, 0.25) is 0 Å². The van der Waals surface area contributed by atoms with Crippen LogP contribution in [0.3, 0.4) is 0 Å². The summed E-state index contributed by atoms with van der Waals surface area (Å²) in [7, 11) is 4.85.